The van der Waals surface area contributed by atoms with Gasteiger partial charge in [-0.2, -0.15) is 0 Å². The Morgan fingerprint density at radius 2 is 1.96 bits per heavy atom. The van der Waals surface area contributed by atoms with Gasteiger partial charge in [0.25, 0.3) is 0 Å². The van der Waals surface area contributed by atoms with Crippen LogP contribution in [0.2, 0.25) is 0 Å². The van der Waals surface area contributed by atoms with Crippen molar-refractivity contribution in [2.24, 2.45) is 11.3 Å². The van der Waals surface area contributed by atoms with Crippen LogP contribution in [0.15, 0.2) is 23.0 Å². The molecule has 27 heavy (non-hydrogen) atoms. The fourth-order valence-electron chi connectivity index (χ4n) is 4.09. The van der Waals surface area contributed by atoms with Gasteiger partial charge in [-0.3, -0.25) is 0 Å². The van der Waals surface area contributed by atoms with E-state index in [1.165, 1.54) is 5.82 Å². The summed E-state index contributed by atoms with van der Waals surface area (Å²) in [5.74, 6) is 0.682. The van der Waals surface area contributed by atoms with Crippen molar-refractivity contribution < 1.29 is 14.6 Å². The lowest BCUT2D eigenvalue weighted by atomic mass is 9.85. The van der Waals surface area contributed by atoms with E-state index < -0.39 is 5.97 Å². The molecule has 0 aliphatic carbocycles. The molecule has 1 saturated heterocycles. The lowest BCUT2D eigenvalue weighted by Crippen LogP contribution is -2.51. The van der Waals surface area contributed by atoms with E-state index in [1.54, 1.807) is 0 Å². The Kier molecular flexibility index (Phi) is 7.38. The summed E-state index contributed by atoms with van der Waals surface area (Å²) >= 11 is 0. The number of rotatable bonds is 7. The molecule has 0 spiro atoms. The summed E-state index contributed by atoms with van der Waals surface area (Å²) in [5, 5.41) is 9.95. The lowest BCUT2D eigenvalue weighted by Gasteiger charge is -2.46. The van der Waals surface area contributed by atoms with Crippen LogP contribution in [0.25, 0.3) is 0 Å². The predicted molar refractivity (Wildman–Crippen MR) is 109 cm³/mol. The number of allylic oxidation sites excluding steroid dienone is 2. The molecule has 0 radical (unpaired) electrons. The molecule has 5 nitrogen and oxygen atoms in total. The molecule has 0 amide bonds. The average Bonchev–Trinajstić information content (AvgIpc) is 2.60. The molecule has 1 N–H and O–H groups in total. The van der Waals surface area contributed by atoms with Crippen LogP contribution in [0.4, 0.5) is 0 Å². The van der Waals surface area contributed by atoms with Crippen LogP contribution in [0.3, 0.4) is 0 Å². The number of carboxylic acids is 1. The second-order valence-corrected chi connectivity index (χ2v) is 9.19. The van der Waals surface area contributed by atoms with Gasteiger partial charge in [0.1, 0.15) is 5.82 Å². The van der Waals surface area contributed by atoms with Crippen molar-refractivity contribution >= 4 is 5.97 Å². The zero-order valence-corrected chi connectivity index (χ0v) is 18.0. The van der Waals surface area contributed by atoms with Gasteiger partial charge in [0, 0.05) is 19.6 Å². The largest absolute Gasteiger partial charge is 0.478 e. The Morgan fingerprint density at radius 3 is 2.48 bits per heavy atom. The molecule has 0 saturated carbocycles. The van der Waals surface area contributed by atoms with E-state index in [2.05, 4.69) is 50.5 Å². The number of ether oxygens (including phenoxy) is 1. The molecule has 0 aromatic rings. The number of morpholine rings is 1. The summed E-state index contributed by atoms with van der Waals surface area (Å²) in [7, 11) is 0. The van der Waals surface area contributed by atoms with Crippen molar-refractivity contribution in [2.75, 3.05) is 32.8 Å². The van der Waals surface area contributed by atoms with Crippen molar-refractivity contribution in [3.05, 3.63) is 23.0 Å². The Morgan fingerprint density at radius 1 is 1.33 bits per heavy atom. The third kappa shape index (κ3) is 5.50. The molecular weight excluding hydrogens is 340 g/mol. The molecule has 0 bridgehead atoms. The summed E-state index contributed by atoms with van der Waals surface area (Å²) in [4.78, 5) is 16.9. The highest BCUT2D eigenvalue weighted by atomic mass is 16.5. The number of hydrogen-bond acceptors (Lipinski definition) is 4. The first-order valence-corrected chi connectivity index (χ1v) is 10.4. The SMILES string of the molecule is CCC(C)C1C(C(=O)O)=C(C)C=C(N2CCOCC2)N1CCCC(C)(C)C. The van der Waals surface area contributed by atoms with E-state index in [0.29, 0.717) is 5.57 Å². The minimum atomic E-state index is -0.782. The summed E-state index contributed by atoms with van der Waals surface area (Å²) < 4.78 is 5.54. The molecule has 1 fully saturated rings. The first-order valence-electron chi connectivity index (χ1n) is 10.4. The highest BCUT2D eigenvalue weighted by Gasteiger charge is 2.38. The molecule has 2 aliphatic heterocycles. The van der Waals surface area contributed by atoms with Crippen molar-refractivity contribution in [1.29, 1.82) is 0 Å². The Hall–Kier alpha value is -1.49. The van der Waals surface area contributed by atoms with Gasteiger partial charge < -0.3 is 19.6 Å². The maximum absolute atomic E-state index is 12.1. The van der Waals surface area contributed by atoms with Gasteiger partial charge in [-0.05, 0) is 42.7 Å². The zero-order valence-electron chi connectivity index (χ0n) is 18.0. The number of carboxylic acid groups (broad SMARTS) is 1. The molecule has 0 aromatic carbocycles. The number of aliphatic carboxylic acids is 1. The monoisotopic (exact) mass is 378 g/mol. The van der Waals surface area contributed by atoms with Crippen LogP contribution in [0.1, 0.15) is 60.8 Å². The molecule has 154 valence electrons. The van der Waals surface area contributed by atoms with E-state index in [0.717, 1.165) is 57.7 Å². The van der Waals surface area contributed by atoms with E-state index >= 15 is 0 Å². The van der Waals surface area contributed by atoms with E-state index in [9.17, 15) is 9.90 Å². The first kappa shape index (κ1) is 21.8. The molecule has 2 unspecified atom stereocenters. The Balaban J connectivity index is 2.38. The van der Waals surface area contributed by atoms with E-state index in [-0.39, 0.29) is 17.4 Å². The minimum absolute atomic E-state index is 0.0738. The zero-order chi connectivity index (χ0) is 20.2. The standard InChI is InChI=1S/C22H38N2O3/c1-7-16(2)20-19(21(25)26)17(3)15-18(23-11-13-27-14-12-23)24(20)10-8-9-22(4,5)6/h15-16,20H,7-14H2,1-6H3,(H,25,26). The van der Waals surface area contributed by atoms with Gasteiger partial charge in [0.15, 0.2) is 0 Å². The van der Waals surface area contributed by atoms with Crippen molar-refractivity contribution in [1.82, 2.24) is 9.80 Å². The normalized spacial score (nSPS) is 22.7. The maximum Gasteiger partial charge on any atom is 0.333 e. The maximum atomic E-state index is 12.1. The van der Waals surface area contributed by atoms with Gasteiger partial charge >= 0.3 is 5.97 Å². The summed E-state index contributed by atoms with van der Waals surface area (Å²) in [6.07, 6.45) is 5.23. The van der Waals surface area contributed by atoms with Gasteiger partial charge in [-0.1, -0.05) is 41.0 Å². The summed E-state index contributed by atoms with van der Waals surface area (Å²) in [5.41, 5.74) is 1.74. The fraction of sp³-hybridized carbons (Fsp3) is 0.773. The van der Waals surface area contributed by atoms with Crippen LogP contribution in [-0.2, 0) is 9.53 Å². The van der Waals surface area contributed by atoms with Crippen LogP contribution < -0.4 is 0 Å². The molecule has 0 aromatic heterocycles. The third-order valence-electron chi connectivity index (χ3n) is 5.77. The van der Waals surface area contributed by atoms with Crippen molar-refractivity contribution in [3.63, 3.8) is 0 Å². The fourth-order valence-corrected chi connectivity index (χ4v) is 4.09. The summed E-state index contributed by atoms with van der Waals surface area (Å²) in [6, 6.07) is -0.0738. The van der Waals surface area contributed by atoms with Crippen molar-refractivity contribution in [3.8, 4) is 0 Å². The molecule has 2 heterocycles. The minimum Gasteiger partial charge on any atom is -0.478 e. The Labute approximate surface area is 165 Å². The van der Waals surface area contributed by atoms with E-state index in [1.807, 2.05) is 6.92 Å². The molecule has 2 aliphatic rings. The average molecular weight is 379 g/mol. The third-order valence-corrected chi connectivity index (χ3v) is 5.77. The highest BCUT2D eigenvalue weighted by Crippen LogP contribution is 2.35. The predicted octanol–water partition coefficient (Wildman–Crippen LogP) is 4.12. The van der Waals surface area contributed by atoms with Crippen LogP contribution in [0.5, 0.6) is 0 Å². The molecular formula is C22H38N2O3. The van der Waals surface area contributed by atoms with Gasteiger partial charge in [0.05, 0.1) is 24.8 Å². The Bertz CT molecular complexity index is 583. The molecule has 2 rings (SSSR count). The number of hydrogen-bond donors (Lipinski definition) is 1. The van der Waals surface area contributed by atoms with Crippen molar-refractivity contribution in [2.45, 2.75) is 66.8 Å². The van der Waals surface area contributed by atoms with E-state index in [4.69, 9.17) is 4.74 Å². The second kappa shape index (κ2) is 9.13. The van der Waals surface area contributed by atoms with Gasteiger partial charge in [0.2, 0.25) is 0 Å². The highest BCUT2D eigenvalue weighted by molar-refractivity contribution is 5.90. The quantitative estimate of drug-likeness (QED) is 0.722. The molecule has 5 heteroatoms. The number of nitrogens with zero attached hydrogens (tertiary/aromatic N) is 2. The summed E-state index contributed by atoms with van der Waals surface area (Å²) in [6.45, 7) is 17.2. The topological polar surface area (TPSA) is 53.0 Å². The van der Waals surface area contributed by atoms with Crippen LogP contribution in [0, 0.1) is 11.3 Å². The first-order chi connectivity index (χ1) is 12.7. The lowest BCUT2D eigenvalue weighted by molar-refractivity contribution is -0.133. The van der Waals surface area contributed by atoms with Crippen LogP contribution in [-0.4, -0.2) is 59.8 Å². The molecule has 2 atom stereocenters. The van der Waals surface area contributed by atoms with Crippen LogP contribution >= 0.6 is 0 Å². The van der Waals surface area contributed by atoms with Gasteiger partial charge in [-0.15, -0.1) is 0 Å². The second-order valence-electron chi connectivity index (χ2n) is 9.19. The van der Waals surface area contributed by atoms with Gasteiger partial charge in [-0.25, -0.2) is 4.79 Å². The number of carbonyl (C=O) groups is 1. The smallest absolute Gasteiger partial charge is 0.333 e.